The average Bonchev–Trinajstić information content (AvgIpc) is 3.06. The largest absolute Gasteiger partial charge is 0.349 e. The van der Waals surface area contributed by atoms with E-state index in [9.17, 15) is 4.79 Å². The van der Waals surface area contributed by atoms with Crippen LogP contribution in [0.3, 0.4) is 0 Å². The van der Waals surface area contributed by atoms with Crippen LogP contribution in [0.1, 0.15) is 36.9 Å². The number of nitrogens with one attached hydrogen (secondary N) is 2. The molecule has 4 nitrogen and oxygen atoms in total. The van der Waals surface area contributed by atoms with Crippen LogP contribution in [0.15, 0.2) is 36.7 Å². The third-order valence-electron chi connectivity index (χ3n) is 3.95. The van der Waals surface area contributed by atoms with Gasteiger partial charge in [-0.1, -0.05) is 23.7 Å². The summed E-state index contributed by atoms with van der Waals surface area (Å²) in [5.41, 5.74) is 1.65. The highest BCUT2D eigenvalue weighted by molar-refractivity contribution is 6.30. The second kappa shape index (κ2) is 4.94. The van der Waals surface area contributed by atoms with Crippen LogP contribution < -0.4 is 5.32 Å². The molecule has 20 heavy (non-hydrogen) atoms. The maximum absolute atomic E-state index is 12.5. The highest BCUT2D eigenvalue weighted by Crippen LogP contribution is 2.48. The molecule has 0 saturated heterocycles. The molecule has 1 aliphatic rings. The molecule has 0 spiro atoms. The highest BCUT2D eigenvalue weighted by atomic mass is 35.5. The van der Waals surface area contributed by atoms with E-state index in [0.29, 0.717) is 5.02 Å². The molecular formula is C15H16ClN3O. The van der Waals surface area contributed by atoms with E-state index < -0.39 is 0 Å². The van der Waals surface area contributed by atoms with Gasteiger partial charge in [0.05, 0.1) is 17.7 Å². The lowest BCUT2D eigenvalue weighted by Gasteiger charge is -2.19. The monoisotopic (exact) mass is 289 g/mol. The Kier molecular flexibility index (Phi) is 3.26. The summed E-state index contributed by atoms with van der Waals surface area (Å²) in [6.07, 6.45) is 5.30. The Bertz CT molecular complexity index is 603. The van der Waals surface area contributed by atoms with E-state index in [-0.39, 0.29) is 17.4 Å². The van der Waals surface area contributed by atoms with Crippen molar-refractivity contribution in [3.05, 3.63) is 52.8 Å². The molecule has 0 bridgehead atoms. The minimum atomic E-state index is -0.372. The second-order valence-corrected chi connectivity index (χ2v) is 5.75. The van der Waals surface area contributed by atoms with Crippen molar-refractivity contribution in [3.63, 3.8) is 0 Å². The number of H-pyrrole nitrogens is 1. The first-order valence-corrected chi connectivity index (χ1v) is 7.05. The second-order valence-electron chi connectivity index (χ2n) is 5.32. The third kappa shape index (κ3) is 2.31. The van der Waals surface area contributed by atoms with Crippen molar-refractivity contribution < 1.29 is 4.79 Å². The van der Waals surface area contributed by atoms with Crippen LogP contribution in [-0.4, -0.2) is 16.1 Å². The summed E-state index contributed by atoms with van der Waals surface area (Å²) in [6, 6.07) is 7.51. The van der Waals surface area contributed by atoms with Gasteiger partial charge in [0.15, 0.2) is 0 Å². The van der Waals surface area contributed by atoms with E-state index >= 15 is 0 Å². The van der Waals surface area contributed by atoms with Crippen LogP contribution in [0.2, 0.25) is 5.02 Å². The number of halogens is 1. The first-order chi connectivity index (χ1) is 9.62. The summed E-state index contributed by atoms with van der Waals surface area (Å²) < 4.78 is 0. The molecule has 5 heteroatoms. The molecule has 0 radical (unpaired) electrons. The Balaban J connectivity index is 1.75. The van der Waals surface area contributed by atoms with Crippen LogP contribution in [0.5, 0.6) is 0 Å². The van der Waals surface area contributed by atoms with Crippen LogP contribution in [-0.2, 0) is 10.2 Å². The fourth-order valence-electron chi connectivity index (χ4n) is 2.46. The molecule has 3 rings (SSSR count). The Morgan fingerprint density at radius 1 is 1.40 bits per heavy atom. The summed E-state index contributed by atoms with van der Waals surface area (Å²) in [5, 5.41) is 10.4. The molecule has 1 atom stereocenters. The Morgan fingerprint density at radius 3 is 2.65 bits per heavy atom. The first kappa shape index (κ1) is 13.2. The van der Waals surface area contributed by atoms with Crippen molar-refractivity contribution in [1.29, 1.82) is 0 Å². The zero-order valence-electron chi connectivity index (χ0n) is 11.2. The number of aromatic nitrogens is 2. The van der Waals surface area contributed by atoms with Crippen molar-refractivity contribution >= 4 is 17.5 Å². The number of aromatic amines is 1. The number of hydrogen-bond acceptors (Lipinski definition) is 2. The zero-order chi connectivity index (χ0) is 14.2. The third-order valence-corrected chi connectivity index (χ3v) is 4.20. The Labute approximate surface area is 122 Å². The molecule has 1 aliphatic carbocycles. The van der Waals surface area contributed by atoms with Gasteiger partial charge < -0.3 is 5.32 Å². The molecule has 0 aliphatic heterocycles. The van der Waals surface area contributed by atoms with Crippen molar-refractivity contribution in [1.82, 2.24) is 15.5 Å². The van der Waals surface area contributed by atoms with Crippen molar-refractivity contribution in [3.8, 4) is 0 Å². The molecule has 1 unspecified atom stereocenters. The molecule has 1 aromatic heterocycles. The number of carbonyl (C=O) groups is 1. The van der Waals surface area contributed by atoms with Gasteiger partial charge in [0.1, 0.15) is 0 Å². The van der Waals surface area contributed by atoms with Gasteiger partial charge in [0.25, 0.3) is 0 Å². The number of nitrogens with zero attached hydrogens (tertiary/aromatic N) is 1. The van der Waals surface area contributed by atoms with Crippen LogP contribution in [0.25, 0.3) is 0 Å². The number of amides is 1. The molecular weight excluding hydrogens is 274 g/mol. The summed E-state index contributed by atoms with van der Waals surface area (Å²) in [5.74, 6) is 0.0773. The number of carbonyl (C=O) groups excluding carboxylic acids is 1. The standard InChI is InChI=1S/C15H16ClN3O/c1-10(11-8-17-18-9-11)19-14(20)15(6-7-15)12-2-4-13(16)5-3-12/h2-5,8-10H,6-7H2,1H3,(H,17,18)(H,19,20). The maximum Gasteiger partial charge on any atom is 0.231 e. The maximum atomic E-state index is 12.5. The molecule has 1 amide bonds. The van der Waals surface area contributed by atoms with Crippen LogP contribution in [0, 0.1) is 0 Å². The molecule has 2 aromatic rings. The topological polar surface area (TPSA) is 57.8 Å². The molecule has 2 N–H and O–H groups in total. The minimum absolute atomic E-state index is 0.0500. The van der Waals surface area contributed by atoms with Gasteiger partial charge in [-0.05, 0) is 37.5 Å². The fourth-order valence-corrected chi connectivity index (χ4v) is 2.58. The van der Waals surface area contributed by atoms with Gasteiger partial charge in [-0.3, -0.25) is 9.89 Å². The van der Waals surface area contributed by atoms with Crippen molar-refractivity contribution in [2.45, 2.75) is 31.2 Å². The van der Waals surface area contributed by atoms with Crippen LogP contribution in [0.4, 0.5) is 0 Å². The SMILES string of the molecule is CC(NC(=O)C1(c2ccc(Cl)cc2)CC1)c1cn[nH]c1. The van der Waals surface area contributed by atoms with Gasteiger partial charge in [0, 0.05) is 16.8 Å². The van der Waals surface area contributed by atoms with Crippen LogP contribution >= 0.6 is 11.6 Å². The van der Waals surface area contributed by atoms with Gasteiger partial charge >= 0.3 is 0 Å². The number of hydrogen-bond donors (Lipinski definition) is 2. The first-order valence-electron chi connectivity index (χ1n) is 6.67. The summed E-state index contributed by atoms with van der Waals surface area (Å²) >= 11 is 5.90. The number of rotatable bonds is 4. The van der Waals surface area contributed by atoms with E-state index in [1.54, 1.807) is 12.4 Å². The predicted molar refractivity (Wildman–Crippen MR) is 77.5 cm³/mol. The number of benzene rings is 1. The highest BCUT2D eigenvalue weighted by Gasteiger charge is 2.51. The van der Waals surface area contributed by atoms with Gasteiger partial charge in [-0.2, -0.15) is 5.10 Å². The lowest BCUT2D eigenvalue weighted by molar-refractivity contribution is -0.124. The quantitative estimate of drug-likeness (QED) is 0.909. The molecule has 1 heterocycles. The predicted octanol–water partition coefficient (Wildman–Crippen LogP) is 2.97. The average molecular weight is 290 g/mol. The Morgan fingerprint density at radius 2 is 2.10 bits per heavy atom. The lowest BCUT2D eigenvalue weighted by Crippen LogP contribution is -2.36. The van der Waals surface area contributed by atoms with E-state index in [1.165, 1.54) is 0 Å². The molecule has 1 aromatic carbocycles. The molecule has 104 valence electrons. The van der Waals surface area contributed by atoms with Gasteiger partial charge in [-0.25, -0.2) is 0 Å². The summed E-state index contributed by atoms with van der Waals surface area (Å²) in [7, 11) is 0. The normalized spacial score (nSPS) is 17.5. The summed E-state index contributed by atoms with van der Waals surface area (Å²) in [6.45, 7) is 1.96. The van der Waals surface area contributed by atoms with Crippen molar-refractivity contribution in [2.75, 3.05) is 0 Å². The van der Waals surface area contributed by atoms with E-state index in [2.05, 4.69) is 15.5 Å². The summed E-state index contributed by atoms with van der Waals surface area (Å²) in [4.78, 5) is 12.5. The van der Waals surface area contributed by atoms with E-state index in [4.69, 9.17) is 11.6 Å². The van der Waals surface area contributed by atoms with Gasteiger partial charge in [0.2, 0.25) is 5.91 Å². The van der Waals surface area contributed by atoms with Gasteiger partial charge in [-0.15, -0.1) is 0 Å². The van der Waals surface area contributed by atoms with Crippen molar-refractivity contribution in [2.24, 2.45) is 0 Å². The molecule has 1 fully saturated rings. The smallest absolute Gasteiger partial charge is 0.231 e. The van der Waals surface area contributed by atoms with E-state index in [1.807, 2.05) is 31.2 Å². The zero-order valence-corrected chi connectivity index (χ0v) is 11.9. The lowest BCUT2D eigenvalue weighted by atomic mass is 9.94. The minimum Gasteiger partial charge on any atom is -0.349 e. The Hall–Kier alpha value is -1.81. The fraction of sp³-hybridized carbons (Fsp3) is 0.333. The molecule has 1 saturated carbocycles. The van der Waals surface area contributed by atoms with E-state index in [0.717, 1.165) is 24.0 Å².